The molecule has 0 atom stereocenters. The van der Waals surface area contributed by atoms with E-state index < -0.39 is 0 Å². The minimum Gasteiger partial charge on any atom is -0.497 e. The van der Waals surface area contributed by atoms with Crippen molar-refractivity contribution in [2.24, 2.45) is 0 Å². The summed E-state index contributed by atoms with van der Waals surface area (Å²) < 4.78 is 6.16. The number of hydrogen-bond donors (Lipinski definition) is 0. The van der Waals surface area contributed by atoms with Crippen LogP contribution in [-0.4, -0.2) is 22.1 Å². The number of nitrogens with zero attached hydrogens (tertiary/aromatic N) is 4. The molecule has 0 unspecified atom stereocenters. The summed E-state index contributed by atoms with van der Waals surface area (Å²) in [7, 11) is 1.57. The van der Waals surface area contributed by atoms with Gasteiger partial charge in [-0.2, -0.15) is 5.26 Å². The fourth-order valence-corrected chi connectivity index (χ4v) is 1.10. The molecule has 1 aromatic heterocycles. The van der Waals surface area contributed by atoms with Crippen LogP contribution in [0.1, 0.15) is 0 Å². The fraction of sp³-hybridized carbons (Fsp3) is 0.125. The van der Waals surface area contributed by atoms with Crippen molar-refractivity contribution in [2.75, 3.05) is 7.11 Å². The molecule has 0 aliphatic carbocycles. The van der Waals surface area contributed by atoms with E-state index >= 15 is 0 Å². The van der Waals surface area contributed by atoms with Gasteiger partial charge in [-0.3, -0.25) is 0 Å². The standard InChI is InChI=1S/C8H6N4O/c1-13-6-2-3-7-8(4-6)12(5-9)11-10-7/h2-4H,1H3. The van der Waals surface area contributed by atoms with Gasteiger partial charge < -0.3 is 4.74 Å². The minimum absolute atomic E-state index is 0.654. The van der Waals surface area contributed by atoms with Gasteiger partial charge in [-0.25, -0.2) is 0 Å². The van der Waals surface area contributed by atoms with Gasteiger partial charge in [0.25, 0.3) is 0 Å². The number of aromatic nitrogens is 3. The molecule has 1 heterocycles. The molecule has 1 aromatic carbocycles. The van der Waals surface area contributed by atoms with Crippen LogP contribution in [-0.2, 0) is 0 Å². The van der Waals surface area contributed by atoms with Crippen LogP contribution < -0.4 is 4.74 Å². The van der Waals surface area contributed by atoms with Crippen molar-refractivity contribution >= 4 is 11.0 Å². The topological polar surface area (TPSA) is 63.7 Å². The molecule has 0 amide bonds. The third kappa shape index (κ3) is 1.08. The van der Waals surface area contributed by atoms with Crippen LogP contribution in [0.4, 0.5) is 0 Å². The van der Waals surface area contributed by atoms with E-state index in [2.05, 4.69) is 10.3 Å². The van der Waals surface area contributed by atoms with Gasteiger partial charge in [-0.1, -0.05) is 5.21 Å². The van der Waals surface area contributed by atoms with Gasteiger partial charge in [0.15, 0.2) is 0 Å². The Balaban J connectivity index is 2.73. The van der Waals surface area contributed by atoms with Crippen LogP contribution >= 0.6 is 0 Å². The Kier molecular flexibility index (Phi) is 1.60. The molecule has 64 valence electrons. The summed E-state index contributed by atoms with van der Waals surface area (Å²) in [5.41, 5.74) is 1.34. The number of fused-ring (bicyclic) bond motifs is 1. The normalized spacial score (nSPS) is 9.85. The monoisotopic (exact) mass is 174 g/mol. The second-order valence-corrected chi connectivity index (χ2v) is 2.46. The second kappa shape index (κ2) is 2.75. The summed E-state index contributed by atoms with van der Waals surface area (Å²) in [6.07, 6.45) is 1.89. The highest BCUT2D eigenvalue weighted by Gasteiger charge is 2.04. The van der Waals surface area contributed by atoms with Crippen LogP contribution in [0.5, 0.6) is 5.75 Å². The van der Waals surface area contributed by atoms with Gasteiger partial charge in [0, 0.05) is 6.07 Å². The quantitative estimate of drug-likeness (QED) is 0.640. The van der Waals surface area contributed by atoms with E-state index in [9.17, 15) is 0 Å². The molecule has 0 saturated heterocycles. The second-order valence-electron chi connectivity index (χ2n) is 2.46. The van der Waals surface area contributed by atoms with Crippen LogP contribution in [0.25, 0.3) is 11.0 Å². The largest absolute Gasteiger partial charge is 0.497 e. The van der Waals surface area contributed by atoms with Crippen LogP contribution in [0.15, 0.2) is 18.2 Å². The lowest BCUT2D eigenvalue weighted by Gasteiger charge is -1.97. The SMILES string of the molecule is COc1ccc2nnn(C#N)c2c1. The summed E-state index contributed by atoms with van der Waals surface area (Å²) >= 11 is 0. The zero-order chi connectivity index (χ0) is 9.26. The summed E-state index contributed by atoms with van der Waals surface area (Å²) in [5.74, 6) is 0.686. The summed E-state index contributed by atoms with van der Waals surface area (Å²) in [5, 5.41) is 16.1. The molecular weight excluding hydrogens is 168 g/mol. The highest BCUT2D eigenvalue weighted by Crippen LogP contribution is 2.17. The molecule has 5 nitrogen and oxygen atoms in total. The maximum absolute atomic E-state index is 8.66. The van der Waals surface area contributed by atoms with Gasteiger partial charge in [0.05, 0.1) is 7.11 Å². The van der Waals surface area contributed by atoms with Crippen LogP contribution in [0.3, 0.4) is 0 Å². The first kappa shape index (κ1) is 7.55. The first-order chi connectivity index (χ1) is 6.35. The predicted octanol–water partition coefficient (Wildman–Crippen LogP) is 0.769. The number of methoxy groups -OCH3 is 1. The van der Waals surface area contributed by atoms with E-state index in [4.69, 9.17) is 10.00 Å². The average molecular weight is 174 g/mol. The minimum atomic E-state index is 0.654. The van der Waals surface area contributed by atoms with Crippen molar-refractivity contribution < 1.29 is 4.74 Å². The molecule has 0 aliphatic heterocycles. The molecular formula is C8H6N4O. The Hall–Kier alpha value is -2.09. The maximum Gasteiger partial charge on any atom is 0.208 e. The van der Waals surface area contributed by atoms with Crippen molar-refractivity contribution in [3.05, 3.63) is 18.2 Å². The van der Waals surface area contributed by atoms with Gasteiger partial charge in [0.1, 0.15) is 16.8 Å². The molecule has 0 saturated carbocycles. The van der Waals surface area contributed by atoms with Crippen molar-refractivity contribution in [1.29, 1.82) is 5.26 Å². The zero-order valence-corrected chi connectivity index (χ0v) is 6.93. The Labute approximate surface area is 74.1 Å². The molecule has 0 bridgehead atoms. The molecule has 13 heavy (non-hydrogen) atoms. The van der Waals surface area contributed by atoms with E-state index in [1.54, 1.807) is 25.3 Å². The van der Waals surface area contributed by atoms with Crippen LogP contribution in [0, 0.1) is 11.5 Å². The summed E-state index contributed by atoms with van der Waals surface area (Å²) in [4.78, 5) is 0. The Morgan fingerprint density at radius 1 is 1.54 bits per heavy atom. The van der Waals surface area contributed by atoms with E-state index in [-0.39, 0.29) is 0 Å². The van der Waals surface area contributed by atoms with Gasteiger partial charge in [0.2, 0.25) is 6.19 Å². The van der Waals surface area contributed by atoms with Gasteiger partial charge >= 0.3 is 0 Å². The lowest BCUT2D eigenvalue weighted by Crippen LogP contribution is -1.90. The van der Waals surface area contributed by atoms with Crippen molar-refractivity contribution in [3.63, 3.8) is 0 Å². The lowest BCUT2D eigenvalue weighted by atomic mass is 10.3. The molecule has 0 N–H and O–H groups in total. The van der Waals surface area contributed by atoms with Gasteiger partial charge in [-0.05, 0) is 12.1 Å². The van der Waals surface area contributed by atoms with Crippen molar-refractivity contribution in [1.82, 2.24) is 15.0 Å². The van der Waals surface area contributed by atoms with Crippen molar-refractivity contribution in [3.8, 4) is 11.9 Å². The maximum atomic E-state index is 8.66. The van der Waals surface area contributed by atoms with E-state index in [0.717, 1.165) is 4.68 Å². The third-order valence-corrected chi connectivity index (χ3v) is 1.75. The first-order valence-corrected chi connectivity index (χ1v) is 3.64. The molecule has 0 aliphatic rings. The summed E-state index contributed by atoms with van der Waals surface area (Å²) in [6.45, 7) is 0. The van der Waals surface area contributed by atoms with Crippen LogP contribution in [0.2, 0.25) is 0 Å². The third-order valence-electron chi connectivity index (χ3n) is 1.75. The summed E-state index contributed by atoms with van der Waals surface area (Å²) in [6, 6.07) is 5.26. The smallest absolute Gasteiger partial charge is 0.208 e. The van der Waals surface area contributed by atoms with Gasteiger partial charge in [-0.15, -0.1) is 9.78 Å². The van der Waals surface area contributed by atoms with E-state index in [1.807, 2.05) is 6.19 Å². The number of ether oxygens (including phenoxy) is 1. The number of benzene rings is 1. The zero-order valence-electron chi connectivity index (χ0n) is 6.93. The Bertz CT molecular complexity index is 482. The number of rotatable bonds is 1. The highest BCUT2D eigenvalue weighted by atomic mass is 16.5. The highest BCUT2D eigenvalue weighted by molar-refractivity contribution is 5.76. The van der Waals surface area contributed by atoms with Crippen molar-refractivity contribution in [2.45, 2.75) is 0 Å². The predicted molar refractivity (Wildman–Crippen MR) is 45.1 cm³/mol. The lowest BCUT2D eigenvalue weighted by molar-refractivity contribution is 0.415. The molecule has 0 radical (unpaired) electrons. The molecule has 5 heteroatoms. The fourth-order valence-electron chi connectivity index (χ4n) is 1.10. The number of nitriles is 1. The Morgan fingerprint density at radius 2 is 2.38 bits per heavy atom. The van der Waals surface area contributed by atoms with E-state index in [1.165, 1.54) is 0 Å². The number of hydrogen-bond acceptors (Lipinski definition) is 4. The average Bonchev–Trinajstić information content (AvgIpc) is 2.59. The first-order valence-electron chi connectivity index (χ1n) is 3.64. The molecule has 2 aromatic rings. The molecule has 2 rings (SSSR count). The van der Waals surface area contributed by atoms with E-state index in [0.29, 0.717) is 16.8 Å². The Morgan fingerprint density at radius 3 is 3.08 bits per heavy atom. The molecule has 0 fully saturated rings. The molecule has 0 spiro atoms.